The van der Waals surface area contributed by atoms with Crippen LogP contribution in [-0.2, 0) is 5.41 Å². The molecule has 60 heavy (non-hydrogen) atoms. The van der Waals surface area contributed by atoms with Crippen LogP contribution in [0, 0.1) is 5.92 Å². The van der Waals surface area contributed by atoms with Gasteiger partial charge in [-0.2, -0.15) is 0 Å². The Labute approximate surface area is 355 Å². The number of nitrogens with zero attached hydrogens (tertiary/aromatic N) is 3. The average Bonchev–Trinajstić information content (AvgIpc) is 3.63. The third-order valence-electron chi connectivity index (χ3n) is 12.9. The van der Waals surface area contributed by atoms with Crippen molar-refractivity contribution < 1.29 is 0 Å². The van der Waals surface area contributed by atoms with Crippen LogP contribution in [0.2, 0.25) is 0 Å². The van der Waals surface area contributed by atoms with E-state index in [4.69, 9.17) is 0 Å². The Hall–Kier alpha value is -7.01. The molecule has 0 radical (unpaired) electrons. The van der Waals surface area contributed by atoms with E-state index >= 15 is 0 Å². The topological polar surface area (TPSA) is 11.4 Å². The van der Waals surface area contributed by atoms with Crippen LogP contribution in [-0.4, -0.2) is 10.6 Å². The van der Waals surface area contributed by atoms with Crippen molar-refractivity contribution in [2.24, 2.45) is 5.92 Å². The maximum Gasteiger partial charge on any atom is 0.0764 e. The third kappa shape index (κ3) is 5.10. The molecule has 9 aromatic rings. The number of allylic oxidation sites excluding steroid dienone is 2. The summed E-state index contributed by atoms with van der Waals surface area (Å²) >= 11 is 1.90. The summed E-state index contributed by atoms with van der Waals surface area (Å²) in [6, 6.07) is 72.2. The highest BCUT2D eigenvalue weighted by atomic mass is 32.2. The van der Waals surface area contributed by atoms with E-state index in [1.54, 1.807) is 0 Å². The lowest BCUT2D eigenvalue weighted by Gasteiger charge is -2.49. The zero-order chi connectivity index (χ0) is 39.8. The predicted octanol–water partition coefficient (Wildman–Crippen LogP) is 14.7. The summed E-state index contributed by atoms with van der Waals surface area (Å²) in [6.45, 7) is 2.31. The Kier molecular flexibility index (Phi) is 8.04. The number of hydrogen-bond acceptors (Lipinski definition) is 3. The first-order valence-corrected chi connectivity index (χ1v) is 21.7. The largest absolute Gasteiger partial charge is 0.334 e. The normalized spacial score (nSPS) is 17.0. The molecule has 4 heteroatoms. The molecule has 0 saturated heterocycles. The lowest BCUT2D eigenvalue weighted by molar-refractivity contribution is 0.609. The Morgan fingerprint density at radius 2 is 1.07 bits per heavy atom. The Bertz CT molecular complexity index is 3110. The lowest BCUT2D eigenvalue weighted by Crippen LogP contribution is -2.39. The Morgan fingerprint density at radius 3 is 1.80 bits per heavy atom. The van der Waals surface area contributed by atoms with E-state index in [0.717, 1.165) is 11.4 Å². The molecule has 3 aliphatic rings. The molecule has 0 amide bonds. The molecule has 0 fully saturated rings. The smallest absolute Gasteiger partial charge is 0.0764 e. The SMILES string of the molecule is CC1C=CC=CC1N(c1ccccc1)c1ccc(-n2c3ccccc3c3cc4c(cc32)C2(c3ccccc3S4)c3ccccc3N(c3ccccc3)c3ccccc32)cc1. The van der Waals surface area contributed by atoms with Gasteiger partial charge in [-0.3, -0.25) is 0 Å². The van der Waals surface area contributed by atoms with Gasteiger partial charge in [0.2, 0.25) is 0 Å². The molecule has 1 aliphatic carbocycles. The van der Waals surface area contributed by atoms with Gasteiger partial charge in [0, 0.05) is 43.3 Å². The Balaban J connectivity index is 1.11. The minimum absolute atomic E-state index is 0.207. The van der Waals surface area contributed by atoms with E-state index in [0.29, 0.717) is 5.92 Å². The van der Waals surface area contributed by atoms with Gasteiger partial charge >= 0.3 is 0 Å². The molecule has 8 aromatic carbocycles. The Morgan fingerprint density at radius 1 is 0.467 bits per heavy atom. The molecule has 0 bridgehead atoms. The first kappa shape index (κ1) is 35.0. The van der Waals surface area contributed by atoms with Crippen LogP contribution in [0.4, 0.5) is 28.4 Å². The van der Waals surface area contributed by atoms with Gasteiger partial charge in [-0.05, 0) is 113 Å². The first-order chi connectivity index (χ1) is 29.7. The van der Waals surface area contributed by atoms with Crippen LogP contribution in [0.15, 0.2) is 228 Å². The third-order valence-corrected chi connectivity index (χ3v) is 14.0. The molecule has 3 heterocycles. The second-order valence-corrected chi connectivity index (χ2v) is 17.2. The van der Waals surface area contributed by atoms with Gasteiger partial charge in [-0.15, -0.1) is 0 Å². The quantitative estimate of drug-likeness (QED) is 0.172. The van der Waals surface area contributed by atoms with E-state index in [-0.39, 0.29) is 6.04 Å². The number of hydrogen-bond donors (Lipinski definition) is 0. The molecule has 3 nitrogen and oxygen atoms in total. The molecule has 0 N–H and O–H groups in total. The standard InChI is InChI=1S/C56H41N3S/c1-38-18-8-13-27-49(38)57(39-19-4-2-5-20-39)41-32-34-42(35-33-41)58-50-28-14-9-23-43(50)44-36-55-48(37-53(44)58)56(47-26-12-17-31-54(47)60-55)45-24-10-15-29-51(45)59(40-21-6-3-7-22-40)52-30-16-11-25-46(52)56/h2-38,49H,1H3. The van der Waals surface area contributed by atoms with Crippen molar-refractivity contribution in [1.82, 2.24) is 4.57 Å². The first-order valence-electron chi connectivity index (χ1n) is 20.9. The van der Waals surface area contributed by atoms with E-state index in [1.165, 1.54) is 76.6 Å². The van der Waals surface area contributed by atoms with E-state index in [9.17, 15) is 0 Å². The van der Waals surface area contributed by atoms with E-state index < -0.39 is 5.41 Å². The van der Waals surface area contributed by atoms with Crippen molar-refractivity contribution >= 4 is 62.0 Å². The van der Waals surface area contributed by atoms with Gasteiger partial charge in [0.15, 0.2) is 0 Å². The molecule has 2 aliphatic heterocycles. The zero-order valence-corrected chi connectivity index (χ0v) is 34.0. The summed E-state index contributed by atoms with van der Waals surface area (Å²) in [4.78, 5) is 7.52. The minimum Gasteiger partial charge on any atom is -0.334 e. The fourth-order valence-corrected chi connectivity index (χ4v) is 11.5. The van der Waals surface area contributed by atoms with Gasteiger partial charge < -0.3 is 14.4 Å². The summed E-state index contributed by atoms with van der Waals surface area (Å²) in [6.07, 6.45) is 8.98. The maximum absolute atomic E-state index is 2.53. The summed E-state index contributed by atoms with van der Waals surface area (Å²) in [5.74, 6) is 0.364. The van der Waals surface area contributed by atoms with Crippen LogP contribution < -0.4 is 9.80 Å². The zero-order valence-electron chi connectivity index (χ0n) is 33.2. The number of fused-ring (bicyclic) bond motifs is 11. The number of rotatable bonds is 5. The highest BCUT2D eigenvalue weighted by Gasteiger charge is 2.50. The molecule has 12 rings (SSSR count). The van der Waals surface area contributed by atoms with Crippen LogP contribution in [0.25, 0.3) is 27.5 Å². The molecular weight excluding hydrogens is 747 g/mol. The van der Waals surface area contributed by atoms with Crippen molar-refractivity contribution in [2.45, 2.75) is 28.2 Å². The minimum atomic E-state index is -0.566. The van der Waals surface area contributed by atoms with Crippen LogP contribution in [0.5, 0.6) is 0 Å². The summed E-state index contributed by atoms with van der Waals surface area (Å²) < 4.78 is 2.49. The molecule has 2 unspecified atom stereocenters. The van der Waals surface area contributed by atoms with Crippen LogP contribution in [0.3, 0.4) is 0 Å². The number of benzene rings is 8. The maximum atomic E-state index is 2.53. The monoisotopic (exact) mass is 787 g/mol. The number of para-hydroxylation sites is 5. The lowest BCUT2D eigenvalue weighted by atomic mass is 9.62. The number of anilines is 5. The van der Waals surface area contributed by atoms with Crippen molar-refractivity contribution in [3.63, 3.8) is 0 Å². The van der Waals surface area contributed by atoms with Crippen LogP contribution >= 0.6 is 11.8 Å². The van der Waals surface area contributed by atoms with E-state index in [2.05, 4.69) is 240 Å². The van der Waals surface area contributed by atoms with Gasteiger partial charge in [0.25, 0.3) is 0 Å². The summed E-state index contributed by atoms with van der Waals surface area (Å²) in [7, 11) is 0. The van der Waals surface area contributed by atoms with Crippen molar-refractivity contribution in [3.8, 4) is 5.69 Å². The average molecular weight is 788 g/mol. The van der Waals surface area contributed by atoms with Gasteiger partial charge in [-0.1, -0.05) is 152 Å². The van der Waals surface area contributed by atoms with E-state index in [1.807, 2.05) is 11.8 Å². The molecule has 0 saturated carbocycles. The second kappa shape index (κ2) is 13.8. The summed E-state index contributed by atoms with van der Waals surface area (Å²) in [5, 5.41) is 2.52. The fourth-order valence-electron chi connectivity index (χ4n) is 10.3. The molecule has 1 aromatic heterocycles. The molecule has 1 spiro atoms. The fraction of sp³-hybridized carbons (Fsp3) is 0.0714. The molecular formula is C56H41N3S. The van der Waals surface area contributed by atoms with Gasteiger partial charge in [0.1, 0.15) is 0 Å². The van der Waals surface area contributed by atoms with Crippen molar-refractivity contribution in [2.75, 3.05) is 9.80 Å². The van der Waals surface area contributed by atoms with Crippen LogP contribution in [0.1, 0.15) is 29.2 Å². The number of aromatic nitrogens is 1. The predicted molar refractivity (Wildman–Crippen MR) is 251 cm³/mol. The highest BCUT2D eigenvalue weighted by Crippen LogP contribution is 2.63. The van der Waals surface area contributed by atoms with Gasteiger partial charge in [-0.25, -0.2) is 0 Å². The second-order valence-electron chi connectivity index (χ2n) is 16.1. The highest BCUT2D eigenvalue weighted by molar-refractivity contribution is 7.99. The van der Waals surface area contributed by atoms with Gasteiger partial charge in [0.05, 0.1) is 33.9 Å². The summed E-state index contributed by atoms with van der Waals surface area (Å²) in [5.41, 5.74) is 14.1. The van der Waals surface area contributed by atoms with Crippen molar-refractivity contribution in [1.29, 1.82) is 0 Å². The molecule has 2 atom stereocenters. The van der Waals surface area contributed by atoms with Crippen molar-refractivity contribution in [3.05, 3.63) is 241 Å². The molecule has 286 valence electrons.